The maximum atomic E-state index is 5.91. The van der Waals surface area contributed by atoms with Crippen LogP contribution in [-0.2, 0) is 4.74 Å². The number of morpholine rings is 1. The van der Waals surface area contributed by atoms with Crippen molar-refractivity contribution in [2.45, 2.75) is 52.3 Å². The van der Waals surface area contributed by atoms with Crippen molar-refractivity contribution in [1.29, 1.82) is 0 Å². The first-order valence-electron chi connectivity index (χ1n) is 7.17. The Morgan fingerprint density at radius 2 is 2.06 bits per heavy atom. The number of rotatable bonds is 2. The number of piperidine rings is 1. The second-order valence-electron chi connectivity index (χ2n) is 6.11. The lowest BCUT2D eigenvalue weighted by Crippen LogP contribution is -2.57. The highest BCUT2D eigenvalue weighted by molar-refractivity contribution is 4.89. The van der Waals surface area contributed by atoms with E-state index in [0.29, 0.717) is 18.2 Å². The van der Waals surface area contributed by atoms with Crippen LogP contribution in [0.15, 0.2) is 0 Å². The number of hydrogen-bond donors (Lipinski definition) is 1. The summed E-state index contributed by atoms with van der Waals surface area (Å²) in [6.45, 7) is 13.6. The summed E-state index contributed by atoms with van der Waals surface area (Å²) in [5, 5.41) is 3.44. The SMILES string of the molecule is CC1CC(C)C(C)N(C(C)C2CNCCO2)C1. The van der Waals surface area contributed by atoms with Gasteiger partial charge >= 0.3 is 0 Å². The van der Waals surface area contributed by atoms with Gasteiger partial charge in [-0.2, -0.15) is 0 Å². The molecular weight excluding hydrogens is 212 g/mol. The van der Waals surface area contributed by atoms with Gasteiger partial charge < -0.3 is 10.1 Å². The summed E-state index contributed by atoms with van der Waals surface area (Å²) >= 11 is 0. The molecule has 0 spiro atoms. The van der Waals surface area contributed by atoms with E-state index in [-0.39, 0.29) is 0 Å². The molecule has 0 radical (unpaired) electrons. The molecule has 5 unspecified atom stereocenters. The third-order valence-electron chi connectivity index (χ3n) is 4.66. The molecule has 2 fully saturated rings. The zero-order valence-corrected chi connectivity index (χ0v) is 11.8. The molecule has 17 heavy (non-hydrogen) atoms. The number of likely N-dealkylation sites (tertiary alicyclic amines) is 1. The van der Waals surface area contributed by atoms with E-state index in [2.05, 4.69) is 37.9 Å². The van der Waals surface area contributed by atoms with Gasteiger partial charge in [0, 0.05) is 31.7 Å². The van der Waals surface area contributed by atoms with Gasteiger partial charge in [-0.3, -0.25) is 4.90 Å². The van der Waals surface area contributed by atoms with E-state index >= 15 is 0 Å². The average molecular weight is 240 g/mol. The van der Waals surface area contributed by atoms with Crippen molar-refractivity contribution in [1.82, 2.24) is 10.2 Å². The topological polar surface area (TPSA) is 24.5 Å². The van der Waals surface area contributed by atoms with Crippen LogP contribution >= 0.6 is 0 Å². The molecule has 0 aromatic heterocycles. The molecule has 1 N–H and O–H groups in total. The fourth-order valence-electron chi connectivity index (χ4n) is 3.41. The van der Waals surface area contributed by atoms with Crippen LogP contribution in [0.4, 0.5) is 0 Å². The van der Waals surface area contributed by atoms with E-state index in [0.717, 1.165) is 31.5 Å². The molecule has 0 aliphatic carbocycles. The van der Waals surface area contributed by atoms with Crippen molar-refractivity contribution in [3.63, 3.8) is 0 Å². The fraction of sp³-hybridized carbons (Fsp3) is 1.00. The minimum absolute atomic E-state index is 0.365. The Bertz CT molecular complexity index is 240. The van der Waals surface area contributed by atoms with E-state index in [4.69, 9.17) is 4.74 Å². The van der Waals surface area contributed by atoms with Gasteiger partial charge in [-0.1, -0.05) is 13.8 Å². The quantitative estimate of drug-likeness (QED) is 0.795. The zero-order valence-electron chi connectivity index (χ0n) is 11.8. The first kappa shape index (κ1) is 13.3. The van der Waals surface area contributed by atoms with Crippen molar-refractivity contribution >= 4 is 0 Å². The highest BCUT2D eigenvalue weighted by atomic mass is 16.5. The monoisotopic (exact) mass is 240 g/mol. The van der Waals surface area contributed by atoms with Crippen molar-refractivity contribution in [3.8, 4) is 0 Å². The molecule has 5 atom stereocenters. The third-order valence-corrected chi connectivity index (χ3v) is 4.66. The molecule has 0 bridgehead atoms. The summed E-state index contributed by atoms with van der Waals surface area (Å²) < 4.78 is 5.91. The number of nitrogens with one attached hydrogen (secondary N) is 1. The van der Waals surface area contributed by atoms with E-state index in [1.807, 2.05) is 0 Å². The molecule has 0 amide bonds. The van der Waals surface area contributed by atoms with E-state index < -0.39 is 0 Å². The van der Waals surface area contributed by atoms with Gasteiger partial charge in [-0.15, -0.1) is 0 Å². The van der Waals surface area contributed by atoms with E-state index in [1.165, 1.54) is 13.0 Å². The first-order valence-corrected chi connectivity index (χ1v) is 7.17. The molecule has 0 aromatic carbocycles. The molecule has 100 valence electrons. The molecular formula is C14H28N2O. The van der Waals surface area contributed by atoms with Crippen LogP contribution in [0.5, 0.6) is 0 Å². The van der Waals surface area contributed by atoms with Gasteiger partial charge in [0.05, 0.1) is 12.7 Å². The summed E-state index contributed by atoms with van der Waals surface area (Å²) in [5.41, 5.74) is 0. The minimum Gasteiger partial charge on any atom is -0.374 e. The summed E-state index contributed by atoms with van der Waals surface area (Å²) in [7, 11) is 0. The largest absolute Gasteiger partial charge is 0.374 e. The predicted octanol–water partition coefficient (Wildman–Crippen LogP) is 1.73. The molecule has 3 heteroatoms. The van der Waals surface area contributed by atoms with Crippen molar-refractivity contribution < 1.29 is 4.74 Å². The molecule has 0 saturated carbocycles. The minimum atomic E-state index is 0.365. The van der Waals surface area contributed by atoms with Gasteiger partial charge in [0.2, 0.25) is 0 Å². The molecule has 2 aliphatic rings. The standard InChI is InChI=1S/C14H28N2O/c1-10-7-11(2)12(3)16(9-10)13(4)14-8-15-5-6-17-14/h10-15H,5-9H2,1-4H3. The van der Waals surface area contributed by atoms with Gasteiger partial charge in [0.15, 0.2) is 0 Å². The summed E-state index contributed by atoms with van der Waals surface area (Å²) in [4.78, 5) is 2.66. The van der Waals surface area contributed by atoms with Crippen LogP contribution in [0.2, 0.25) is 0 Å². The van der Waals surface area contributed by atoms with Crippen LogP contribution in [0.3, 0.4) is 0 Å². The summed E-state index contributed by atoms with van der Waals surface area (Å²) in [6.07, 6.45) is 1.73. The molecule has 2 heterocycles. The smallest absolute Gasteiger partial charge is 0.0852 e. The predicted molar refractivity (Wildman–Crippen MR) is 71.2 cm³/mol. The van der Waals surface area contributed by atoms with E-state index in [1.54, 1.807) is 0 Å². The lowest BCUT2D eigenvalue weighted by molar-refractivity contribution is -0.0577. The second kappa shape index (κ2) is 5.68. The molecule has 2 saturated heterocycles. The van der Waals surface area contributed by atoms with Crippen LogP contribution in [0.25, 0.3) is 0 Å². The Morgan fingerprint density at radius 3 is 2.71 bits per heavy atom. The average Bonchev–Trinajstić information content (AvgIpc) is 2.34. The normalized spacial score (nSPS) is 42.4. The van der Waals surface area contributed by atoms with Crippen molar-refractivity contribution in [3.05, 3.63) is 0 Å². The molecule has 0 aromatic rings. The van der Waals surface area contributed by atoms with Crippen LogP contribution in [-0.4, -0.2) is 49.3 Å². The maximum absolute atomic E-state index is 5.91. The highest BCUT2D eigenvalue weighted by Gasteiger charge is 2.35. The Hall–Kier alpha value is -0.120. The number of hydrogen-bond acceptors (Lipinski definition) is 3. The van der Waals surface area contributed by atoms with Crippen LogP contribution in [0.1, 0.15) is 34.1 Å². The fourth-order valence-corrected chi connectivity index (χ4v) is 3.41. The number of ether oxygens (including phenoxy) is 1. The van der Waals surface area contributed by atoms with Crippen molar-refractivity contribution in [2.24, 2.45) is 11.8 Å². The van der Waals surface area contributed by atoms with Crippen LogP contribution in [0, 0.1) is 11.8 Å². The Labute approximate surface area is 106 Å². The lowest BCUT2D eigenvalue weighted by atomic mass is 9.84. The molecule has 2 rings (SSSR count). The Kier molecular flexibility index (Phi) is 4.45. The summed E-state index contributed by atoms with van der Waals surface area (Å²) in [6, 6.07) is 1.22. The molecule has 2 aliphatic heterocycles. The zero-order chi connectivity index (χ0) is 12.4. The summed E-state index contributed by atoms with van der Waals surface area (Å²) in [5.74, 6) is 1.62. The Balaban J connectivity index is 1.98. The second-order valence-corrected chi connectivity index (χ2v) is 6.11. The van der Waals surface area contributed by atoms with Crippen molar-refractivity contribution in [2.75, 3.05) is 26.2 Å². The highest BCUT2D eigenvalue weighted by Crippen LogP contribution is 2.29. The lowest BCUT2D eigenvalue weighted by Gasteiger charge is -2.47. The third kappa shape index (κ3) is 3.01. The van der Waals surface area contributed by atoms with Gasteiger partial charge in [-0.05, 0) is 32.1 Å². The molecule has 3 nitrogen and oxygen atoms in total. The van der Waals surface area contributed by atoms with Gasteiger partial charge in [0.1, 0.15) is 0 Å². The Morgan fingerprint density at radius 1 is 1.29 bits per heavy atom. The number of nitrogens with zero attached hydrogens (tertiary/aromatic N) is 1. The van der Waals surface area contributed by atoms with Gasteiger partial charge in [-0.25, -0.2) is 0 Å². The van der Waals surface area contributed by atoms with Crippen LogP contribution < -0.4 is 5.32 Å². The maximum Gasteiger partial charge on any atom is 0.0852 e. The first-order chi connectivity index (χ1) is 8.09. The van der Waals surface area contributed by atoms with Gasteiger partial charge in [0.25, 0.3) is 0 Å². The van der Waals surface area contributed by atoms with E-state index in [9.17, 15) is 0 Å².